The van der Waals surface area contributed by atoms with Crippen LogP contribution in [0.5, 0.6) is 23.0 Å². The average molecular weight is 493 g/mol. The van der Waals surface area contributed by atoms with Gasteiger partial charge in [-0.05, 0) is 90.8 Å². The molecule has 2 aromatic carbocycles. The number of benzene rings is 2. The van der Waals surface area contributed by atoms with E-state index in [1.807, 2.05) is 31.2 Å². The van der Waals surface area contributed by atoms with Crippen LogP contribution in [-0.2, 0) is 31.9 Å². The summed E-state index contributed by atoms with van der Waals surface area (Å²) in [7, 11) is 0. The first-order valence-electron chi connectivity index (χ1n) is 12.1. The van der Waals surface area contributed by atoms with Crippen LogP contribution in [0.25, 0.3) is 11.1 Å². The predicted molar refractivity (Wildman–Crippen MR) is 131 cm³/mol. The zero-order chi connectivity index (χ0) is 25.1. The molecule has 188 valence electrons. The molecular formula is C28H28O8. The maximum Gasteiger partial charge on any atom is 0.331 e. The van der Waals surface area contributed by atoms with Crippen LogP contribution in [0.2, 0.25) is 0 Å². The van der Waals surface area contributed by atoms with Gasteiger partial charge in [0.15, 0.2) is 23.0 Å². The number of ether oxygens (including phenoxy) is 6. The minimum atomic E-state index is -0.280. The number of rotatable bonds is 5. The number of fused-ring (bicyclic) bond motifs is 4. The first kappa shape index (κ1) is 23.8. The zero-order valence-corrected chi connectivity index (χ0v) is 20.4. The minimum absolute atomic E-state index is 0.186. The SMILES string of the molecule is CCOC(=O)C=C1CCc2cc3c(cc21)OCO3.CCOC(=O)CC1=CCc2cc3c(cc21)OCO3. The Balaban J connectivity index is 0.000000148. The fraction of sp³-hybridized carbons (Fsp3) is 0.357. The zero-order valence-electron chi connectivity index (χ0n) is 20.4. The molecule has 0 aromatic heterocycles. The number of hydrogen-bond donors (Lipinski definition) is 0. The van der Waals surface area contributed by atoms with Gasteiger partial charge in [0.25, 0.3) is 0 Å². The van der Waals surface area contributed by atoms with Gasteiger partial charge in [-0.25, -0.2) is 4.79 Å². The van der Waals surface area contributed by atoms with E-state index in [9.17, 15) is 9.59 Å². The third-order valence-corrected chi connectivity index (χ3v) is 6.34. The van der Waals surface area contributed by atoms with E-state index in [4.69, 9.17) is 28.4 Å². The molecule has 2 aromatic rings. The van der Waals surface area contributed by atoms with Crippen molar-refractivity contribution in [3.63, 3.8) is 0 Å². The van der Waals surface area contributed by atoms with Crippen molar-refractivity contribution in [2.75, 3.05) is 26.8 Å². The Bertz CT molecular complexity index is 1260. The number of hydrogen-bond acceptors (Lipinski definition) is 8. The van der Waals surface area contributed by atoms with Gasteiger partial charge in [0.2, 0.25) is 13.6 Å². The molecule has 0 fully saturated rings. The van der Waals surface area contributed by atoms with Crippen molar-refractivity contribution in [3.05, 3.63) is 58.7 Å². The van der Waals surface area contributed by atoms with Crippen molar-refractivity contribution in [1.29, 1.82) is 0 Å². The summed E-state index contributed by atoms with van der Waals surface area (Å²) in [5.41, 5.74) is 6.57. The van der Waals surface area contributed by atoms with Gasteiger partial charge in [-0.15, -0.1) is 0 Å². The second-order valence-electron chi connectivity index (χ2n) is 8.56. The van der Waals surface area contributed by atoms with E-state index in [0.29, 0.717) is 19.6 Å². The standard InChI is InChI=1S/2C14H14O4/c2*1-2-16-14(15)6-10-4-3-9-5-12-13(7-11(9)10)18-8-17-12/h5-7H,2-4,8H2,1H3;4-5,7H,2-3,6,8H2,1H3. The molecule has 0 spiro atoms. The summed E-state index contributed by atoms with van der Waals surface area (Å²) in [6.07, 6.45) is 6.59. The van der Waals surface area contributed by atoms with Crippen molar-refractivity contribution < 1.29 is 38.0 Å². The summed E-state index contributed by atoms with van der Waals surface area (Å²) in [4.78, 5) is 23.0. The number of esters is 2. The van der Waals surface area contributed by atoms with Crippen LogP contribution in [0, 0.1) is 0 Å². The highest BCUT2D eigenvalue weighted by Crippen LogP contribution is 2.42. The van der Waals surface area contributed by atoms with Gasteiger partial charge in [0, 0.05) is 6.08 Å². The second-order valence-corrected chi connectivity index (χ2v) is 8.56. The summed E-state index contributed by atoms with van der Waals surface area (Å²) in [6.45, 7) is 4.98. The van der Waals surface area contributed by atoms with E-state index in [-0.39, 0.29) is 25.5 Å². The smallest absolute Gasteiger partial charge is 0.331 e. The van der Waals surface area contributed by atoms with Gasteiger partial charge in [-0.1, -0.05) is 6.08 Å². The Kier molecular flexibility index (Phi) is 6.84. The molecule has 2 aliphatic carbocycles. The fourth-order valence-corrected chi connectivity index (χ4v) is 4.70. The molecule has 8 nitrogen and oxygen atoms in total. The molecule has 8 heteroatoms. The summed E-state index contributed by atoms with van der Waals surface area (Å²) >= 11 is 0. The molecule has 2 heterocycles. The van der Waals surface area contributed by atoms with Crippen LogP contribution in [-0.4, -0.2) is 38.7 Å². The normalized spacial score (nSPS) is 16.6. The van der Waals surface area contributed by atoms with Crippen LogP contribution in [0.4, 0.5) is 0 Å². The molecule has 0 saturated carbocycles. The van der Waals surface area contributed by atoms with Gasteiger partial charge in [0.1, 0.15) is 0 Å². The molecule has 2 aliphatic heterocycles. The Labute approximate surface area is 209 Å². The summed E-state index contributed by atoms with van der Waals surface area (Å²) in [6, 6.07) is 7.90. The van der Waals surface area contributed by atoms with E-state index in [0.717, 1.165) is 64.5 Å². The van der Waals surface area contributed by atoms with Crippen LogP contribution >= 0.6 is 0 Å². The molecule has 0 radical (unpaired) electrons. The van der Waals surface area contributed by atoms with Crippen molar-refractivity contribution in [2.24, 2.45) is 0 Å². The largest absolute Gasteiger partial charge is 0.466 e. The van der Waals surface area contributed by atoms with Crippen molar-refractivity contribution in [3.8, 4) is 23.0 Å². The lowest BCUT2D eigenvalue weighted by atomic mass is 10.0. The highest BCUT2D eigenvalue weighted by molar-refractivity contribution is 5.93. The van der Waals surface area contributed by atoms with Gasteiger partial charge >= 0.3 is 11.9 Å². The monoisotopic (exact) mass is 492 g/mol. The second kappa shape index (κ2) is 10.4. The molecule has 6 rings (SSSR count). The van der Waals surface area contributed by atoms with E-state index in [1.54, 1.807) is 13.0 Å². The maximum atomic E-state index is 11.5. The highest BCUT2D eigenvalue weighted by atomic mass is 16.7. The molecule has 36 heavy (non-hydrogen) atoms. The predicted octanol–water partition coefficient (Wildman–Crippen LogP) is 4.62. The lowest BCUT2D eigenvalue weighted by molar-refractivity contribution is -0.142. The highest BCUT2D eigenvalue weighted by Gasteiger charge is 2.24. The van der Waals surface area contributed by atoms with Crippen molar-refractivity contribution in [1.82, 2.24) is 0 Å². The summed E-state index contributed by atoms with van der Waals surface area (Å²) < 4.78 is 31.3. The number of allylic oxidation sites excluding steroid dienone is 2. The summed E-state index contributed by atoms with van der Waals surface area (Å²) in [5, 5.41) is 0. The van der Waals surface area contributed by atoms with Gasteiger partial charge < -0.3 is 28.4 Å². The Morgan fingerprint density at radius 3 is 2.08 bits per heavy atom. The maximum absolute atomic E-state index is 11.5. The first-order valence-corrected chi connectivity index (χ1v) is 12.1. The third kappa shape index (κ3) is 4.89. The molecular weight excluding hydrogens is 464 g/mol. The molecule has 0 atom stereocenters. The van der Waals surface area contributed by atoms with E-state index >= 15 is 0 Å². The van der Waals surface area contributed by atoms with E-state index in [1.165, 1.54) is 11.1 Å². The average Bonchev–Trinajstić information content (AvgIpc) is 3.65. The lowest BCUT2D eigenvalue weighted by Crippen LogP contribution is -2.04. The fourth-order valence-electron chi connectivity index (χ4n) is 4.70. The van der Waals surface area contributed by atoms with Crippen molar-refractivity contribution in [2.45, 2.75) is 39.5 Å². The Morgan fingerprint density at radius 1 is 0.806 bits per heavy atom. The minimum Gasteiger partial charge on any atom is -0.466 e. The van der Waals surface area contributed by atoms with Crippen molar-refractivity contribution >= 4 is 23.1 Å². The van der Waals surface area contributed by atoms with Gasteiger partial charge in [-0.3, -0.25) is 4.79 Å². The lowest BCUT2D eigenvalue weighted by Gasteiger charge is -2.07. The van der Waals surface area contributed by atoms with Gasteiger partial charge in [-0.2, -0.15) is 0 Å². The Hall–Kier alpha value is -3.94. The molecule has 0 unspecified atom stereocenters. The number of carbonyl (C=O) groups excluding carboxylic acids is 2. The molecule has 0 bridgehead atoms. The van der Waals surface area contributed by atoms with Crippen LogP contribution in [0.15, 0.2) is 36.4 Å². The topological polar surface area (TPSA) is 89.5 Å². The number of carbonyl (C=O) groups is 2. The molecule has 4 aliphatic rings. The molecule has 0 amide bonds. The van der Waals surface area contributed by atoms with E-state index in [2.05, 4.69) is 6.08 Å². The quantitative estimate of drug-likeness (QED) is 0.441. The number of aryl methyl sites for hydroxylation is 1. The first-order chi connectivity index (χ1) is 17.6. The summed E-state index contributed by atoms with van der Waals surface area (Å²) in [5.74, 6) is 2.63. The molecule has 0 saturated heterocycles. The third-order valence-electron chi connectivity index (χ3n) is 6.34. The van der Waals surface area contributed by atoms with Gasteiger partial charge in [0.05, 0.1) is 19.6 Å². The van der Waals surface area contributed by atoms with E-state index < -0.39 is 0 Å². The van der Waals surface area contributed by atoms with Crippen LogP contribution in [0.3, 0.4) is 0 Å². The molecule has 0 N–H and O–H groups in total. The van der Waals surface area contributed by atoms with Crippen LogP contribution in [0.1, 0.15) is 48.9 Å². The Morgan fingerprint density at radius 2 is 1.42 bits per heavy atom. The van der Waals surface area contributed by atoms with Crippen LogP contribution < -0.4 is 18.9 Å².